The SMILES string of the molecule is CC1CC(n2cncn2)=CCN1. The third-order valence-corrected chi connectivity index (χ3v) is 2.03. The summed E-state index contributed by atoms with van der Waals surface area (Å²) in [6, 6.07) is 0.536. The molecule has 0 aliphatic carbocycles. The molecule has 12 heavy (non-hydrogen) atoms. The molecule has 0 fully saturated rings. The number of nitrogens with zero attached hydrogens (tertiary/aromatic N) is 3. The molecular weight excluding hydrogens is 152 g/mol. The van der Waals surface area contributed by atoms with Crippen molar-refractivity contribution in [3.63, 3.8) is 0 Å². The van der Waals surface area contributed by atoms with Gasteiger partial charge in [0.2, 0.25) is 0 Å². The molecule has 1 aliphatic heterocycles. The summed E-state index contributed by atoms with van der Waals surface area (Å²) in [5, 5.41) is 7.42. The lowest BCUT2D eigenvalue weighted by atomic mass is 10.1. The summed E-state index contributed by atoms with van der Waals surface area (Å²) in [6.07, 6.45) is 6.47. The second-order valence-corrected chi connectivity index (χ2v) is 3.05. The van der Waals surface area contributed by atoms with Crippen LogP contribution in [0.5, 0.6) is 0 Å². The van der Waals surface area contributed by atoms with E-state index in [2.05, 4.69) is 28.4 Å². The van der Waals surface area contributed by atoms with Crippen LogP contribution in [-0.4, -0.2) is 27.4 Å². The Morgan fingerprint density at radius 1 is 1.67 bits per heavy atom. The van der Waals surface area contributed by atoms with Gasteiger partial charge in [0.1, 0.15) is 12.7 Å². The third-order valence-electron chi connectivity index (χ3n) is 2.03. The van der Waals surface area contributed by atoms with Crippen LogP contribution < -0.4 is 5.32 Å². The molecule has 0 radical (unpaired) electrons. The Kier molecular flexibility index (Phi) is 1.91. The van der Waals surface area contributed by atoms with Crippen LogP contribution in [0.15, 0.2) is 18.7 Å². The van der Waals surface area contributed by atoms with E-state index in [1.54, 1.807) is 12.7 Å². The fourth-order valence-electron chi connectivity index (χ4n) is 1.39. The summed E-state index contributed by atoms with van der Waals surface area (Å²) in [5.41, 5.74) is 1.23. The van der Waals surface area contributed by atoms with E-state index in [1.807, 2.05) is 4.68 Å². The van der Waals surface area contributed by atoms with E-state index in [-0.39, 0.29) is 0 Å². The Bertz CT molecular complexity index is 275. The molecule has 4 nitrogen and oxygen atoms in total. The predicted octanol–water partition coefficient (Wildman–Crippen LogP) is 0.501. The van der Waals surface area contributed by atoms with Crippen LogP contribution in [0.4, 0.5) is 0 Å². The van der Waals surface area contributed by atoms with Gasteiger partial charge in [-0.3, -0.25) is 0 Å². The van der Waals surface area contributed by atoms with E-state index in [0.717, 1.165) is 13.0 Å². The van der Waals surface area contributed by atoms with Crippen molar-refractivity contribution in [1.82, 2.24) is 20.1 Å². The largest absolute Gasteiger partial charge is 0.310 e. The van der Waals surface area contributed by atoms with Crippen LogP contribution in [0.2, 0.25) is 0 Å². The molecule has 1 unspecified atom stereocenters. The van der Waals surface area contributed by atoms with Crippen molar-refractivity contribution in [3.8, 4) is 0 Å². The Balaban J connectivity index is 2.19. The summed E-state index contributed by atoms with van der Waals surface area (Å²) in [5.74, 6) is 0. The molecule has 1 N–H and O–H groups in total. The van der Waals surface area contributed by atoms with Crippen molar-refractivity contribution in [1.29, 1.82) is 0 Å². The Labute approximate surface area is 71.3 Å². The standard InChI is InChI=1S/C8H12N4/c1-7-4-8(2-3-10-7)12-6-9-5-11-12/h2,5-7,10H,3-4H2,1H3. The smallest absolute Gasteiger partial charge is 0.138 e. The molecule has 1 aromatic rings. The van der Waals surface area contributed by atoms with Crippen LogP contribution in [0.25, 0.3) is 5.70 Å². The maximum absolute atomic E-state index is 4.08. The Morgan fingerprint density at radius 2 is 2.58 bits per heavy atom. The normalized spacial score (nSPS) is 23.8. The third kappa shape index (κ3) is 1.38. The van der Waals surface area contributed by atoms with Crippen LogP contribution >= 0.6 is 0 Å². The highest BCUT2D eigenvalue weighted by atomic mass is 15.3. The molecule has 2 rings (SSSR count). The van der Waals surface area contributed by atoms with Crippen molar-refractivity contribution in [2.24, 2.45) is 0 Å². The lowest BCUT2D eigenvalue weighted by Crippen LogP contribution is -2.31. The zero-order valence-electron chi connectivity index (χ0n) is 7.07. The molecule has 1 aromatic heterocycles. The number of aromatic nitrogens is 3. The summed E-state index contributed by atoms with van der Waals surface area (Å²) in [4.78, 5) is 3.91. The Morgan fingerprint density at radius 3 is 3.25 bits per heavy atom. The zero-order valence-corrected chi connectivity index (χ0v) is 7.07. The van der Waals surface area contributed by atoms with Gasteiger partial charge in [-0.05, 0) is 13.0 Å². The van der Waals surface area contributed by atoms with Crippen LogP contribution in [0, 0.1) is 0 Å². The fourth-order valence-corrected chi connectivity index (χ4v) is 1.39. The molecule has 0 aromatic carbocycles. The van der Waals surface area contributed by atoms with E-state index in [0.29, 0.717) is 6.04 Å². The number of rotatable bonds is 1. The molecule has 4 heteroatoms. The molecular formula is C8H12N4. The van der Waals surface area contributed by atoms with Crippen LogP contribution in [0.1, 0.15) is 13.3 Å². The quantitative estimate of drug-likeness (QED) is 0.657. The van der Waals surface area contributed by atoms with E-state index in [4.69, 9.17) is 0 Å². The van der Waals surface area contributed by atoms with Gasteiger partial charge in [-0.15, -0.1) is 0 Å². The molecule has 0 spiro atoms. The van der Waals surface area contributed by atoms with E-state index in [9.17, 15) is 0 Å². The van der Waals surface area contributed by atoms with Gasteiger partial charge >= 0.3 is 0 Å². The van der Waals surface area contributed by atoms with E-state index < -0.39 is 0 Å². The van der Waals surface area contributed by atoms with Gasteiger partial charge in [0.15, 0.2) is 0 Å². The second-order valence-electron chi connectivity index (χ2n) is 3.05. The second kappa shape index (κ2) is 3.06. The highest BCUT2D eigenvalue weighted by molar-refractivity contribution is 5.45. The molecule has 0 bridgehead atoms. The molecule has 2 heterocycles. The van der Waals surface area contributed by atoms with Crippen molar-refractivity contribution in [2.75, 3.05) is 6.54 Å². The van der Waals surface area contributed by atoms with Crippen LogP contribution in [0.3, 0.4) is 0 Å². The minimum absolute atomic E-state index is 0.536. The first-order chi connectivity index (χ1) is 5.86. The molecule has 0 amide bonds. The fraction of sp³-hybridized carbons (Fsp3) is 0.500. The van der Waals surface area contributed by atoms with Crippen LogP contribution in [-0.2, 0) is 0 Å². The van der Waals surface area contributed by atoms with E-state index >= 15 is 0 Å². The average molecular weight is 164 g/mol. The van der Waals surface area contributed by atoms with Gasteiger partial charge in [0, 0.05) is 24.7 Å². The van der Waals surface area contributed by atoms with Gasteiger partial charge in [0.05, 0.1) is 0 Å². The van der Waals surface area contributed by atoms with Gasteiger partial charge < -0.3 is 5.32 Å². The first-order valence-corrected chi connectivity index (χ1v) is 4.13. The van der Waals surface area contributed by atoms with Gasteiger partial charge in [0.25, 0.3) is 0 Å². The van der Waals surface area contributed by atoms with Crippen molar-refractivity contribution < 1.29 is 0 Å². The summed E-state index contributed by atoms with van der Waals surface area (Å²) in [6.45, 7) is 3.10. The maximum atomic E-state index is 4.08. The lowest BCUT2D eigenvalue weighted by Gasteiger charge is -2.19. The highest BCUT2D eigenvalue weighted by Crippen LogP contribution is 2.13. The van der Waals surface area contributed by atoms with Gasteiger partial charge in [-0.2, -0.15) is 5.10 Å². The molecule has 1 atom stereocenters. The first-order valence-electron chi connectivity index (χ1n) is 4.13. The Hall–Kier alpha value is -1.16. The number of hydrogen-bond acceptors (Lipinski definition) is 3. The predicted molar refractivity (Wildman–Crippen MR) is 46.4 cm³/mol. The van der Waals surface area contributed by atoms with Crippen molar-refractivity contribution in [2.45, 2.75) is 19.4 Å². The summed E-state index contributed by atoms with van der Waals surface area (Å²) >= 11 is 0. The van der Waals surface area contributed by atoms with Gasteiger partial charge in [-0.25, -0.2) is 9.67 Å². The lowest BCUT2D eigenvalue weighted by molar-refractivity contribution is 0.561. The maximum Gasteiger partial charge on any atom is 0.138 e. The number of nitrogens with one attached hydrogen (secondary N) is 1. The molecule has 0 saturated heterocycles. The van der Waals surface area contributed by atoms with Gasteiger partial charge in [-0.1, -0.05) is 0 Å². The van der Waals surface area contributed by atoms with Crippen molar-refractivity contribution >= 4 is 5.70 Å². The van der Waals surface area contributed by atoms with E-state index in [1.165, 1.54) is 5.70 Å². The zero-order chi connectivity index (χ0) is 8.39. The number of hydrogen-bond donors (Lipinski definition) is 1. The average Bonchev–Trinajstić information content (AvgIpc) is 2.56. The van der Waals surface area contributed by atoms with Crippen molar-refractivity contribution in [3.05, 3.63) is 18.7 Å². The monoisotopic (exact) mass is 164 g/mol. The molecule has 0 saturated carbocycles. The minimum Gasteiger partial charge on any atom is -0.310 e. The highest BCUT2D eigenvalue weighted by Gasteiger charge is 2.11. The first kappa shape index (κ1) is 7.49. The summed E-state index contributed by atoms with van der Waals surface area (Å²) < 4.78 is 1.83. The topological polar surface area (TPSA) is 42.7 Å². The molecule has 64 valence electrons. The minimum atomic E-state index is 0.536. The summed E-state index contributed by atoms with van der Waals surface area (Å²) in [7, 11) is 0. The molecule has 1 aliphatic rings.